The summed E-state index contributed by atoms with van der Waals surface area (Å²) < 4.78 is 7.54. The monoisotopic (exact) mass is 392 g/mol. The van der Waals surface area contributed by atoms with Gasteiger partial charge in [0.25, 0.3) is 0 Å². The molecule has 1 aliphatic rings. The highest BCUT2D eigenvalue weighted by Gasteiger charge is 2.41. The number of anilines is 1. The maximum Gasteiger partial charge on any atom is 0.174 e. The smallest absolute Gasteiger partial charge is 0.174 e. The second kappa shape index (κ2) is 8.12. The Balaban J connectivity index is 1.80. The summed E-state index contributed by atoms with van der Waals surface area (Å²) >= 11 is 5.77. The van der Waals surface area contributed by atoms with Crippen molar-refractivity contribution in [1.82, 2.24) is 14.9 Å². The largest absolute Gasteiger partial charge is 0.383 e. The first-order chi connectivity index (χ1) is 13.7. The van der Waals surface area contributed by atoms with Crippen molar-refractivity contribution >= 4 is 23.0 Å². The Morgan fingerprint density at radius 1 is 1.11 bits per heavy atom. The predicted molar refractivity (Wildman–Crippen MR) is 115 cm³/mol. The molecule has 0 bridgehead atoms. The van der Waals surface area contributed by atoms with Crippen LogP contribution in [0.1, 0.15) is 29.0 Å². The number of hydrogen-bond donors (Lipinski definition) is 1. The van der Waals surface area contributed by atoms with Gasteiger partial charge in [-0.15, -0.1) is 0 Å². The molecule has 2 atom stereocenters. The number of benzene rings is 1. The fraction of sp³-hybridized carbons (Fsp3) is 0.273. The van der Waals surface area contributed by atoms with Crippen LogP contribution in [0.2, 0.25) is 0 Å². The first kappa shape index (κ1) is 18.7. The van der Waals surface area contributed by atoms with Gasteiger partial charge in [0.15, 0.2) is 5.11 Å². The van der Waals surface area contributed by atoms with Crippen LogP contribution >= 0.6 is 12.2 Å². The summed E-state index contributed by atoms with van der Waals surface area (Å²) in [5, 5.41) is 4.22. The molecule has 4 rings (SSSR count). The second-order valence-electron chi connectivity index (χ2n) is 6.95. The van der Waals surface area contributed by atoms with Crippen LogP contribution in [0, 0.1) is 6.92 Å². The molecule has 144 valence electrons. The fourth-order valence-electron chi connectivity index (χ4n) is 3.73. The number of nitrogens with one attached hydrogen (secondary N) is 1. The van der Waals surface area contributed by atoms with Gasteiger partial charge in [0, 0.05) is 37.4 Å². The van der Waals surface area contributed by atoms with Crippen LogP contribution in [-0.2, 0) is 11.3 Å². The molecule has 0 unspecified atom stereocenters. The second-order valence-corrected chi connectivity index (χ2v) is 7.34. The van der Waals surface area contributed by atoms with E-state index in [1.807, 2.05) is 24.4 Å². The van der Waals surface area contributed by atoms with Gasteiger partial charge >= 0.3 is 0 Å². The van der Waals surface area contributed by atoms with E-state index in [0.29, 0.717) is 11.7 Å². The third kappa shape index (κ3) is 3.53. The van der Waals surface area contributed by atoms with Gasteiger partial charge in [-0.05, 0) is 55.5 Å². The van der Waals surface area contributed by atoms with Crippen LogP contribution in [0.25, 0.3) is 0 Å². The lowest BCUT2D eigenvalue weighted by molar-refractivity contribution is 0.186. The molecule has 1 saturated heterocycles. The molecule has 2 aromatic heterocycles. The summed E-state index contributed by atoms with van der Waals surface area (Å²) in [6.45, 7) is 3.54. The van der Waals surface area contributed by atoms with E-state index in [1.165, 1.54) is 11.3 Å². The molecule has 6 heteroatoms. The molecule has 0 aliphatic carbocycles. The van der Waals surface area contributed by atoms with Crippen molar-refractivity contribution in [3.05, 3.63) is 83.9 Å². The molecular formula is C22H24N4OS. The number of hydrogen-bond acceptors (Lipinski definition) is 3. The summed E-state index contributed by atoms with van der Waals surface area (Å²) in [7, 11) is 1.73. The summed E-state index contributed by atoms with van der Waals surface area (Å²) in [5.74, 6) is 0. The van der Waals surface area contributed by atoms with Gasteiger partial charge in [-0.2, -0.15) is 0 Å². The van der Waals surface area contributed by atoms with Gasteiger partial charge in [-0.3, -0.25) is 4.98 Å². The lowest BCUT2D eigenvalue weighted by Crippen LogP contribution is -2.30. The average Bonchev–Trinajstić information content (AvgIpc) is 3.31. The van der Waals surface area contributed by atoms with Crippen LogP contribution in [-0.4, -0.2) is 28.4 Å². The zero-order valence-corrected chi connectivity index (χ0v) is 16.9. The summed E-state index contributed by atoms with van der Waals surface area (Å²) in [6.07, 6.45) is 3.92. The molecule has 3 heterocycles. The maximum atomic E-state index is 5.77. The van der Waals surface area contributed by atoms with Gasteiger partial charge in [-0.1, -0.05) is 23.8 Å². The van der Waals surface area contributed by atoms with Crippen molar-refractivity contribution in [3.63, 3.8) is 0 Å². The number of methoxy groups -OCH3 is 1. The van der Waals surface area contributed by atoms with E-state index in [-0.39, 0.29) is 12.1 Å². The lowest BCUT2D eigenvalue weighted by Gasteiger charge is -2.29. The van der Waals surface area contributed by atoms with Gasteiger partial charge in [0.05, 0.1) is 18.3 Å². The van der Waals surface area contributed by atoms with Crippen molar-refractivity contribution in [2.75, 3.05) is 18.6 Å². The molecule has 0 amide bonds. The van der Waals surface area contributed by atoms with E-state index in [1.54, 1.807) is 7.11 Å². The Hall–Kier alpha value is -2.70. The molecule has 0 spiro atoms. The summed E-state index contributed by atoms with van der Waals surface area (Å²) in [6, 6.07) is 18.7. The zero-order chi connectivity index (χ0) is 19.5. The Morgan fingerprint density at radius 3 is 2.64 bits per heavy atom. The molecule has 0 saturated carbocycles. The Morgan fingerprint density at radius 2 is 1.93 bits per heavy atom. The van der Waals surface area contributed by atoms with Crippen molar-refractivity contribution in [3.8, 4) is 0 Å². The molecule has 1 N–H and O–H groups in total. The number of thiocarbonyl (C=S) groups is 1. The quantitative estimate of drug-likeness (QED) is 0.642. The van der Waals surface area contributed by atoms with Gasteiger partial charge in [0.1, 0.15) is 6.04 Å². The predicted octanol–water partition coefficient (Wildman–Crippen LogP) is 4.02. The van der Waals surface area contributed by atoms with Crippen LogP contribution in [0.3, 0.4) is 0 Å². The molecular weight excluding hydrogens is 368 g/mol. The van der Waals surface area contributed by atoms with Crippen molar-refractivity contribution in [2.24, 2.45) is 0 Å². The highest BCUT2D eigenvalue weighted by molar-refractivity contribution is 7.80. The van der Waals surface area contributed by atoms with E-state index < -0.39 is 0 Å². The average molecular weight is 393 g/mol. The third-order valence-corrected chi connectivity index (χ3v) is 5.43. The molecule has 5 nitrogen and oxygen atoms in total. The fourth-order valence-corrected chi connectivity index (χ4v) is 4.07. The lowest BCUT2D eigenvalue weighted by atomic mass is 10.0. The highest BCUT2D eigenvalue weighted by Crippen LogP contribution is 2.41. The number of aromatic nitrogens is 2. The molecule has 1 fully saturated rings. The normalized spacial score (nSPS) is 19.1. The SMILES string of the molecule is COCCn1cccc1[C@@H]1[C@H](c2ccccn2)NC(=S)N1c1ccc(C)cc1. The number of pyridine rings is 1. The topological polar surface area (TPSA) is 42.3 Å². The number of nitrogens with zero attached hydrogens (tertiary/aromatic N) is 3. The van der Waals surface area contributed by atoms with E-state index >= 15 is 0 Å². The van der Waals surface area contributed by atoms with Gasteiger partial charge in [-0.25, -0.2) is 0 Å². The number of rotatable bonds is 6. The third-order valence-electron chi connectivity index (χ3n) is 5.11. The number of aryl methyl sites for hydroxylation is 1. The van der Waals surface area contributed by atoms with Crippen molar-refractivity contribution in [2.45, 2.75) is 25.6 Å². The molecule has 3 aromatic rings. The van der Waals surface area contributed by atoms with Crippen LogP contribution in [0.5, 0.6) is 0 Å². The summed E-state index contributed by atoms with van der Waals surface area (Å²) in [5.41, 5.74) is 4.46. The molecule has 1 aliphatic heterocycles. The Labute approximate surface area is 171 Å². The summed E-state index contributed by atoms with van der Waals surface area (Å²) in [4.78, 5) is 6.81. The van der Waals surface area contributed by atoms with E-state index in [4.69, 9.17) is 17.0 Å². The van der Waals surface area contributed by atoms with Crippen LogP contribution in [0.15, 0.2) is 67.0 Å². The first-order valence-electron chi connectivity index (χ1n) is 9.40. The minimum absolute atomic E-state index is 0.00281. The van der Waals surface area contributed by atoms with Crippen LogP contribution < -0.4 is 10.2 Å². The van der Waals surface area contributed by atoms with E-state index in [2.05, 4.69) is 69.3 Å². The molecule has 28 heavy (non-hydrogen) atoms. The van der Waals surface area contributed by atoms with E-state index in [9.17, 15) is 0 Å². The minimum Gasteiger partial charge on any atom is -0.383 e. The van der Waals surface area contributed by atoms with Crippen molar-refractivity contribution < 1.29 is 4.74 Å². The minimum atomic E-state index is -0.0359. The van der Waals surface area contributed by atoms with E-state index in [0.717, 1.165) is 17.9 Å². The standard InChI is InChI=1S/C22H24N4OS/c1-16-8-10-17(11-9-16)26-21(19-7-5-13-25(19)14-15-27-2)20(24-22(26)28)18-6-3-4-12-23-18/h3-13,20-21H,14-15H2,1-2H3,(H,24,28)/t20-,21+/m0/s1. The molecule has 1 aromatic carbocycles. The van der Waals surface area contributed by atoms with Crippen LogP contribution in [0.4, 0.5) is 5.69 Å². The maximum absolute atomic E-state index is 5.77. The Bertz CT molecular complexity index is 939. The highest BCUT2D eigenvalue weighted by atomic mass is 32.1. The first-order valence-corrected chi connectivity index (χ1v) is 9.81. The van der Waals surface area contributed by atoms with Gasteiger partial charge in [0.2, 0.25) is 0 Å². The molecule has 0 radical (unpaired) electrons. The zero-order valence-electron chi connectivity index (χ0n) is 16.1. The number of ether oxygens (including phenoxy) is 1. The van der Waals surface area contributed by atoms with Gasteiger partial charge < -0.3 is 19.5 Å². The Kier molecular flexibility index (Phi) is 5.41. The van der Waals surface area contributed by atoms with Crippen molar-refractivity contribution in [1.29, 1.82) is 0 Å².